The predicted octanol–water partition coefficient (Wildman–Crippen LogP) is 8.08. The molecule has 41 heavy (non-hydrogen) atoms. The van der Waals surface area contributed by atoms with Gasteiger partial charge >= 0.3 is 0 Å². The quantitative estimate of drug-likeness (QED) is 0.231. The normalized spacial score (nSPS) is 18.6. The SMILES string of the molecule is CC(NC(=O)C1CCC(C(C)CCCc2ccc(-c3cccc(OCCN(C)C)c3)cc2)CC1)c1ccc(F)cc1. The van der Waals surface area contributed by atoms with Gasteiger partial charge in [-0.2, -0.15) is 0 Å². The number of carbonyl (C=O) groups excluding carboxylic acids is 1. The van der Waals surface area contributed by atoms with Gasteiger partial charge in [0.1, 0.15) is 18.2 Å². The van der Waals surface area contributed by atoms with Crippen molar-refractivity contribution in [2.45, 2.75) is 64.8 Å². The fourth-order valence-electron chi connectivity index (χ4n) is 5.96. The highest BCUT2D eigenvalue weighted by atomic mass is 19.1. The van der Waals surface area contributed by atoms with Gasteiger partial charge in [-0.05, 0) is 118 Å². The van der Waals surface area contributed by atoms with Crippen LogP contribution >= 0.6 is 0 Å². The monoisotopic (exact) mass is 558 g/mol. The number of rotatable bonds is 13. The van der Waals surface area contributed by atoms with E-state index in [9.17, 15) is 9.18 Å². The van der Waals surface area contributed by atoms with Crippen LogP contribution in [0.3, 0.4) is 0 Å². The Hall–Kier alpha value is -3.18. The lowest BCUT2D eigenvalue weighted by Crippen LogP contribution is -2.35. The number of benzene rings is 3. The summed E-state index contributed by atoms with van der Waals surface area (Å²) in [6, 6.07) is 23.6. The molecule has 4 rings (SSSR count). The van der Waals surface area contributed by atoms with Crippen molar-refractivity contribution in [1.29, 1.82) is 0 Å². The van der Waals surface area contributed by atoms with Crippen molar-refractivity contribution in [3.8, 4) is 16.9 Å². The van der Waals surface area contributed by atoms with Gasteiger partial charge in [0.25, 0.3) is 0 Å². The molecule has 0 radical (unpaired) electrons. The van der Waals surface area contributed by atoms with Gasteiger partial charge in [0.15, 0.2) is 0 Å². The molecule has 3 aromatic rings. The number of nitrogens with zero attached hydrogens (tertiary/aromatic N) is 1. The number of halogens is 1. The van der Waals surface area contributed by atoms with Gasteiger partial charge in [-0.15, -0.1) is 0 Å². The van der Waals surface area contributed by atoms with Crippen LogP contribution in [0.1, 0.15) is 69.5 Å². The fraction of sp³-hybridized carbons (Fsp3) is 0.472. The Kier molecular flexibility index (Phi) is 11.4. The fourth-order valence-corrected chi connectivity index (χ4v) is 5.96. The number of amides is 1. The molecule has 2 unspecified atom stereocenters. The highest BCUT2D eigenvalue weighted by molar-refractivity contribution is 5.79. The molecule has 220 valence electrons. The topological polar surface area (TPSA) is 41.6 Å². The van der Waals surface area contributed by atoms with Crippen molar-refractivity contribution < 1.29 is 13.9 Å². The second-order valence-corrected chi connectivity index (χ2v) is 12.1. The first kappa shape index (κ1) is 30.8. The minimum Gasteiger partial charge on any atom is -0.492 e. The van der Waals surface area contributed by atoms with Gasteiger partial charge in [0.05, 0.1) is 6.04 Å². The Morgan fingerprint density at radius 2 is 1.66 bits per heavy atom. The minimum atomic E-state index is -0.253. The average Bonchev–Trinajstić information content (AvgIpc) is 2.98. The van der Waals surface area contributed by atoms with E-state index in [1.807, 2.05) is 13.0 Å². The van der Waals surface area contributed by atoms with E-state index in [1.165, 1.54) is 41.7 Å². The molecule has 1 fully saturated rings. The second kappa shape index (κ2) is 15.2. The third-order valence-corrected chi connectivity index (χ3v) is 8.73. The van der Waals surface area contributed by atoms with Crippen molar-refractivity contribution in [3.05, 3.63) is 89.7 Å². The molecule has 0 bridgehead atoms. The molecule has 2 atom stereocenters. The maximum atomic E-state index is 13.2. The Bertz CT molecular complexity index is 1220. The van der Waals surface area contributed by atoms with Crippen molar-refractivity contribution in [3.63, 3.8) is 0 Å². The largest absolute Gasteiger partial charge is 0.492 e. The van der Waals surface area contributed by atoms with E-state index in [0.717, 1.165) is 50.0 Å². The summed E-state index contributed by atoms with van der Waals surface area (Å²) in [5, 5.41) is 3.14. The number of aryl methyl sites for hydroxylation is 1. The molecule has 0 heterocycles. The third kappa shape index (κ3) is 9.43. The molecule has 0 spiro atoms. The Balaban J connectivity index is 1.17. The molecule has 5 heteroatoms. The molecule has 1 aliphatic rings. The molecule has 1 aliphatic carbocycles. The van der Waals surface area contributed by atoms with Gasteiger partial charge < -0.3 is 15.0 Å². The van der Waals surface area contributed by atoms with Crippen LogP contribution in [0.15, 0.2) is 72.8 Å². The third-order valence-electron chi connectivity index (χ3n) is 8.73. The highest BCUT2D eigenvalue weighted by Gasteiger charge is 2.29. The molecule has 0 aromatic heterocycles. The van der Waals surface area contributed by atoms with Gasteiger partial charge in [-0.3, -0.25) is 4.79 Å². The van der Waals surface area contributed by atoms with Gasteiger partial charge in [0, 0.05) is 12.5 Å². The summed E-state index contributed by atoms with van der Waals surface area (Å²) in [5.74, 6) is 2.26. The number of likely N-dealkylation sites (N-methyl/N-ethyl adjacent to an activating group) is 1. The minimum absolute atomic E-state index is 0.0881. The highest BCUT2D eigenvalue weighted by Crippen LogP contribution is 2.36. The smallest absolute Gasteiger partial charge is 0.223 e. The standard InChI is InChI=1S/C36H47FN2O2/c1-26(29-15-17-32(18-16-29)36(40)38-27(2)30-19-21-34(37)22-20-30)7-5-8-28-11-13-31(14-12-28)33-9-6-10-35(25-33)41-24-23-39(3)4/h6,9-14,19-22,25-27,29,32H,5,7-8,15-18,23-24H2,1-4H3,(H,38,40). The van der Waals surface area contributed by atoms with Crippen molar-refractivity contribution in [2.24, 2.45) is 17.8 Å². The lowest BCUT2D eigenvalue weighted by Gasteiger charge is -2.32. The second-order valence-electron chi connectivity index (χ2n) is 12.1. The van der Waals surface area contributed by atoms with E-state index in [0.29, 0.717) is 18.4 Å². The van der Waals surface area contributed by atoms with Crippen LogP contribution in [0.4, 0.5) is 4.39 Å². The summed E-state index contributed by atoms with van der Waals surface area (Å²) in [5.41, 5.74) is 4.72. The van der Waals surface area contributed by atoms with Crippen LogP contribution < -0.4 is 10.1 Å². The Labute approximate surface area is 246 Å². The number of hydrogen-bond acceptors (Lipinski definition) is 3. The molecule has 0 saturated heterocycles. The van der Waals surface area contributed by atoms with Crippen LogP contribution in [0, 0.1) is 23.6 Å². The Morgan fingerprint density at radius 3 is 2.34 bits per heavy atom. The summed E-state index contributed by atoms with van der Waals surface area (Å²) in [7, 11) is 4.10. The van der Waals surface area contributed by atoms with E-state index in [1.54, 1.807) is 12.1 Å². The van der Waals surface area contributed by atoms with Crippen LogP contribution in [0.5, 0.6) is 5.75 Å². The molecule has 0 aliphatic heterocycles. The molecule has 4 nitrogen and oxygen atoms in total. The van der Waals surface area contributed by atoms with E-state index in [-0.39, 0.29) is 23.7 Å². The zero-order valence-corrected chi connectivity index (χ0v) is 25.2. The van der Waals surface area contributed by atoms with Crippen molar-refractivity contribution >= 4 is 5.91 Å². The van der Waals surface area contributed by atoms with Crippen molar-refractivity contribution in [2.75, 3.05) is 27.2 Å². The van der Waals surface area contributed by atoms with E-state index in [2.05, 4.69) is 73.7 Å². The zero-order chi connectivity index (χ0) is 29.2. The van der Waals surface area contributed by atoms with Crippen LogP contribution in [-0.4, -0.2) is 38.1 Å². The van der Waals surface area contributed by atoms with E-state index in [4.69, 9.17) is 4.74 Å². The maximum absolute atomic E-state index is 13.2. The molecular formula is C36H47FN2O2. The first-order chi connectivity index (χ1) is 19.8. The van der Waals surface area contributed by atoms with Gasteiger partial charge in [0.2, 0.25) is 5.91 Å². The Morgan fingerprint density at radius 1 is 0.951 bits per heavy atom. The summed E-state index contributed by atoms with van der Waals surface area (Å²) in [6.45, 7) is 5.93. The van der Waals surface area contributed by atoms with E-state index < -0.39 is 0 Å². The number of carbonyl (C=O) groups is 1. The molecule has 1 saturated carbocycles. The first-order valence-corrected chi connectivity index (χ1v) is 15.3. The number of ether oxygens (including phenoxy) is 1. The lowest BCUT2D eigenvalue weighted by molar-refractivity contribution is -0.127. The van der Waals surface area contributed by atoms with Gasteiger partial charge in [-0.25, -0.2) is 4.39 Å². The average molecular weight is 559 g/mol. The summed E-state index contributed by atoms with van der Waals surface area (Å²) >= 11 is 0. The van der Waals surface area contributed by atoms with Crippen LogP contribution in [0.25, 0.3) is 11.1 Å². The first-order valence-electron chi connectivity index (χ1n) is 15.3. The van der Waals surface area contributed by atoms with Gasteiger partial charge in [-0.1, -0.05) is 61.9 Å². The van der Waals surface area contributed by atoms with Crippen LogP contribution in [-0.2, 0) is 11.2 Å². The molecule has 3 aromatic carbocycles. The summed E-state index contributed by atoms with van der Waals surface area (Å²) in [4.78, 5) is 15.0. The zero-order valence-electron chi connectivity index (χ0n) is 25.2. The van der Waals surface area contributed by atoms with Crippen LogP contribution in [0.2, 0.25) is 0 Å². The molecule has 1 N–H and O–H groups in total. The summed E-state index contributed by atoms with van der Waals surface area (Å²) in [6.07, 6.45) is 7.66. The number of hydrogen-bond donors (Lipinski definition) is 1. The maximum Gasteiger partial charge on any atom is 0.223 e. The predicted molar refractivity (Wildman–Crippen MR) is 166 cm³/mol. The number of nitrogens with one attached hydrogen (secondary N) is 1. The van der Waals surface area contributed by atoms with Crippen molar-refractivity contribution in [1.82, 2.24) is 10.2 Å². The van der Waals surface area contributed by atoms with E-state index >= 15 is 0 Å². The summed E-state index contributed by atoms with van der Waals surface area (Å²) < 4.78 is 19.1. The molecular weight excluding hydrogens is 511 g/mol. The lowest BCUT2D eigenvalue weighted by atomic mass is 9.74. The molecule has 1 amide bonds.